The molecule has 1 amide bonds. The van der Waals surface area contributed by atoms with Crippen LogP contribution in [0.4, 0.5) is 4.39 Å². The molecule has 3 aliphatic rings. The first-order chi connectivity index (χ1) is 17.0. The summed E-state index contributed by atoms with van der Waals surface area (Å²) in [5.41, 5.74) is 2.97. The average molecular weight is 480 g/mol. The smallest absolute Gasteiger partial charge is 0.338 e. The summed E-state index contributed by atoms with van der Waals surface area (Å²) < 4.78 is 30.9. The summed E-state index contributed by atoms with van der Waals surface area (Å²) in [5, 5.41) is 9.11. The van der Waals surface area contributed by atoms with Gasteiger partial charge < -0.3 is 19.1 Å². The van der Waals surface area contributed by atoms with Crippen LogP contribution in [0.1, 0.15) is 38.7 Å². The van der Waals surface area contributed by atoms with Crippen LogP contribution in [0.3, 0.4) is 0 Å². The van der Waals surface area contributed by atoms with Crippen LogP contribution in [0.15, 0.2) is 30.3 Å². The van der Waals surface area contributed by atoms with Crippen LogP contribution in [0.2, 0.25) is 0 Å². The Hall–Kier alpha value is -3.48. The third kappa shape index (κ3) is 4.59. The van der Waals surface area contributed by atoms with Crippen molar-refractivity contribution in [2.24, 2.45) is 0 Å². The number of morpholine rings is 1. The van der Waals surface area contributed by atoms with Crippen molar-refractivity contribution in [1.82, 2.24) is 9.80 Å². The van der Waals surface area contributed by atoms with E-state index < -0.39 is 5.82 Å². The van der Waals surface area contributed by atoms with Crippen molar-refractivity contribution in [2.75, 3.05) is 46.5 Å². The van der Waals surface area contributed by atoms with Crippen LogP contribution in [-0.4, -0.2) is 74.2 Å². The number of ether oxygens (including phenoxy) is 3. The maximum Gasteiger partial charge on any atom is 0.338 e. The second-order valence-corrected chi connectivity index (χ2v) is 9.05. The quantitative estimate of drug-likeness (QED) is 0.621. The highest BCUT2D eigenvalue weighted by Gasteiger charge is 2.36. The molecule has 3 heterocycles. The van der Waals surface area contributed by atoms with Crippen LogP contribution in [0.25, 0.3) is 0 Å². The van der Waals surface area contributed by atoms with E-state index in [1.54, 1.807) is 4.90 Å². The van der Waals surface area contributed by atoms with E-state index in [2.05, 4.69) is 4.90 Å². The largest absolute Gasteiger partial charge is 0.495 e. The number of rotatable bonds is 4. The highest BCUT2D eigenvalue weighted by atomic mass is 19.1. The predicted molar refractivity (Wildman–Crippen MR) is 122 cm³/mol. The van der Waals surface area contributed by atoms with Crippen LogP contribution < -0.4 is 4.74 Å². The maximum atomic E-state index is 14.4. The van der Waals surface area contributed by atoms with Gasteiger partial charge in [-0.1, -0.05) is 12.1 Å². The molecule has 2 aromatic carbocycles. The number of piperazine rings is 1. The molecule has 0 aromatic heterocycles. The minimum Gasteiger partial charge on any atom is -0.495 e. The molecule has 2 fully saturated rings. The number of benzene rings is 2. The molecule has 0 saturated carbocycles. The van der Waals surface area contributed by atoms with Gasteiger partial charge in [0, 0.05) is 38.2 Å². The van der Waals surface area contributed by atoms with E-state index in [9.17, 15) is 14.0 Å². The number of amides is 1. The Morgan fingerprint density at radius 1 is 1.26 bits per heavy atom. The Morgan fingerprint density at radius 3 is 2.91 bits per heavy atom. The van der Waals surface area contributed by atoms with Crippen molar-refractivity contribution in [3.63, 3.8) is 0 Å². The van der Waals surface area contributed by atoms with E-state index in [1.165, 1.54) is 13.2 Å². The number of hydrogen-bond donors (Lipinski definition) is 0. The first-order valence-electron chi connectivity index (χ1n) is 11.7. The Morgan fingerprint density at radius 2 is 2.11 bits per heavy atom. The second kappa shape index (κ2) is 9.64. The molecule has 8 nitrogen and oxygen atoms in total. The van der Waals surface area contributed by atoms with Gasteiger partial charge in [-0.05, 0) is 29.3 Å². The van der Waals surface area contributed by atoms with Gasteiger partial charge in [0.1, 0.15) is 17.6 Å². The van der Waals surface area contributed by atoms with Crippen molar-refractivity contribution in [3.05, 3.63) is 64.0 Å². The van der Waals surface area contributed by atoms with Gasteiger partial charge in [-0.2, -0.15) is 5.26 Å². The number of methoxy groups -OCH3 is 1. The first-order valence-corrected chi connectivity index (χ1v) is 11.7. The fourth-order valence-corrected chi connectivity index (χ4v) is 5.03. The van der Waals surface area contributed by atoms with E-state index >= 15 is 0 Å². The molecule has 0 N–H and O–H groups in total. The Labute approximate surface area is 202 Å². The summed E-state index contributed by atoms with van der Waals surface area (Å²) in [6.45, 7) is 3.35. The summed E-state index contributed by atoms with van der Waals surface area (Å²) in [6, 6.07) is 10.3. The van der Waals surface area contributed by atoms with Crippen LogP contribution >= 0.6 is 0 Å². The molecular formula is C26H26FN3O5. The number of cyclic esters (lactones) is 1. The predicted octanol–water partition coefficient (Wildman–Crippen LogP) is 2.25. The summed E-state index contributed by atoms with van der Waals surface area (Å²) in [4.78, 5) is 28.9. The number of hydrogen-bond acceptors (Lipinski definition) is 7. The topological polar surface area (TPSA) is 92.1 Å². The second-order valence-electron chi connectivity index (χ2n) is 9.05. The minimum absolute atomic E-state index is 0.0666. The van der Waals surface area contributed by atoms with E-state index in [1.807, 2.05) is 24.3 Å². The van der Waals surface area contributed by atoms with Gasteiger partial charge in [0.25, 0.3) is 0 Å². The number of esters is 1. The van der Waals surface area contributed by atoms with E-state index in [4.69, 9.17) is 19.5 Å². The zero-order chi connectivity index (χ0) is 24.5. The van der Waals surface area contributed by atoms with E-state index in [-0.39, 0.29) is 47.3 Å². The number of nitrogens with zero attached hydrogens (tertiary/aromatic N) is 3. The molecule has 3 aliphatic heterocycles. The number of nitriles is 1. The average Bonchev–Trinajstić information content (AvgIpc) is 2.88. The third-order valence-electron chi connectivity index (χ3n) is 7.00. The van der Waals surface area contributed by atoms with Gasteiger partial charge in [0.15, 0.2) is 0 Å². The first kappa shape index (κ1) is 23.3. The lowest BCUT2D eigenvalue weighted by Crippen LogP contribution is -2.59. The molecule has 0 radical (unpaired) electrons. The molecule has 2 saturated heterocycles. The van der Waals surface area contributed by atoms with E-state index in [0.717, 1.165) is 17.2 Å². The lowest BCUT2D eigenvalue weighted by atomic mass is 9.96. The zero-order valence-electron chi connectivity index (χ0n) is 19.5. The van der Waals surface area contributed by atoms with Crippen LogP contribution in [0.5, 0.6) is 5.75 Å². The highest BCUT2D eigenvalue weighted by molar-refractivity contribution is 5.92. The minimum atomic E-state index is -0.587. The normalized spacial score (nSPS) is 22.0. The van der Waals surface area contributed by atoms with Crippen molar-refractivity contribution in [1.29, 1.82) is 5.26 Å². The molecule has 0 aliphatic carbocycles. The van der Waals surface area contributed by atoms with Gasteiger partial charge in [0.2, 0.25) is 5.91 Å². The SMILES string of the molecule is COc1cc(CC(=O)N2CCN3C[C@@H](c4ccc5c(c4)CCOC5=O)OC[C@H]3C2)c(F)cc1C#N. The van der Waals surface area contributed by atoms with E-state index in [0.29, 0.717) is 51.4 Å². The molecule has 0 bridgehead atoms. The van der Waals surface area contributed by atoms with Gasteiger partial charge in [0.05, 0.1) is 50.0 Å². The highest BCUT2D eigenvalue weighted by Crippen LogP contribution is 2.30. The van der Waals surface area contributed by atoms with Crippen molar-refractivity contribution < 1.29 is 28.2 Å². The molecule has 9 heteroatoms. The van der Waals surface area contributed by atoms with Crippen molar-refractivity contribution in [2.45, 2.75) is 25.0 Å². The Balaban J connectivity index is 1.21. The lowest BCUT2D eigenvalue weighted by molar-refractivity contribution is -0.139. The van der Waals surface area contributed by atoms with Gasteiger partial charge in [-0.15, -0.1) is 0 Å². The maximum absolute atomic E-state index is 14.4. The molecule has 5 rings (SSSR count). The Bertz CT molecular complexity index is 1210. The zero-order valence-corrected chi connectivity index (χ0v) is 19.5. The number of carbonyl (C=O) groups is 2. The number of carbonyl (C=O) groups excluding carboxylic acids is 2. The summed E-state index contributed by atoms with van der Waals surface area (Å²) in [7, 11) is 1.41. The third-order valence-corrected chi connectivity index (χ3v) is 7.00. The van der Waals surface area contributed by atoms with Crippen LogP contribution in [0, 0.1) is 17.1 Å². The van der Waals surface area contributed by atoms with Gasteiger partial charge in [-0.25, -0.2) is 9.18 Å². The monoisotopic (exact) mass is 479 g/mol. The standard InChI is InChI=1S/C26H26FN3O5/c1-33-23-10-18(22(27)9-19(23)12-28)11-25(31)30-6-5-29-14-24(35-15-20(29)13-30)17-2-3-21-16(8-17)4-7-34-26(21)32/h2-3,8-10,20,24H,4-7,11,13-15H2,1H3/t20-,24+/m1/s1. The molecule has 2 atom stereocenters. The molecule has 0 unspecified atom stereocenters. The summed E-state index contributed by atoms with van der Waals surface area (Å²) in [5.74, 6) is -0.773. The molecule has 2 aromatic rings. The Kier molecular flexibility index (Phi) is 6.41. The number of fused-ring (bicyclic) bond motifs is 2. The molecule has 35 heavy (non-hydrogen) atoms. The van der Waals surface area contributed by atoms with Crippen molar-refractivity contribution in [3.8, 4) is 11.8 Å². The van der Waals surface area contributed by atoms with Crippen LogP contribution in [-0.2, 0) is 27.1 Å². The van der Waals surface area contributed by atoms with Crippen molar-refractivity contribution >= 4 is 11.9 Å². The summed E-state index contributed by atoms with van der Waals surface area (Å²) >= 11 is 0. The fraction of sp³-hybridized carbons (Fsp3) is 0.423. The molecule has 0 spiro atoms. The fourth-order valence-electron chi connectivity index (χ4n) is 5.03. The molecular weight excluding hydrogens is 453 g/mol. The van der Waals surface area contributed by atoms with Gasteiger partial charge >= 0.3 is 5.97 Å². The lowest BCUT2D eigenvalue weighted by Gasteiger charge is -2.46. The van der Waals surface area contributed by atoms with Gasteiger partial charge in [-0.3, -0.25) is 9.69 Å². The molecule has 182 valence electrons. The summed E-state index contributed by atoms with van der Waals surface area (Å²) in [6.07, 6.45) is 0.510. The number of halogens is 1.